The van der Waals surface area contributed by atoms with Crippen LogP contribution in [0.25, 0.3) is 0 Å². The van der Waals surface area contributed by atoms with Crippen LogP contribution in [-0.2, 0) is 23.5 Å². The van der Waals surface area contributed by atoms with E-state index in [2.05, 4.69) is 15.1 Å². The fourth-order valence-electron chi connectivity index (χ4n) is 1.47. The Morgan fingerprint density at radius 1 is 1.47 bits per heavy atom. The van der Waals surface area contributed by atoms with Crippen molar-refractivity contribution in [2.75, 3.05) is 30.4 Å². The van der Waals surface area contributed by atoms with Crippen molar-refractivity contribution >= 4 is 21.5 Å². The van der Waals surface area contributed by atoms with E-state index in [0.29, 0.717) is 11.5 Å². The van der Waals surface area contributed by atoms with E-state index in [4.69, 9.17) is 5.73 Å². The Hall–Kier alpha value is -1.28. The summed E-state index contributed by atoms with van der Waals surface area (Å²) in [6, 6.07) is 0. The number of nitrogens with two attached hydrogens (primary N) is 1. The summed E-state index contributed by atoms with van der Waals surface area (Å²) in [6.07, 6.45) is 0.746. The molecular weight excluding hydrogens is 242 g/mol. The number of hydrogen-bond donors (Lipinski definition) is 3. The minimum Gasteiger partial charge on any atom is -0.394 e. The first-order valence-electron chi connectivity index (χ1n) is 5.37. The highest BCUT2D eigenvalue weighted by Gasteiger charge is 2.12. The zero-order chi connectivity index (χ0) is 13.1. The Kier molecular flexibility index (Phi) is 4.35. The Balaban J connectivity index is 2.67. The standard InChI is InChI=1S/C9H19N5O2S/c1-4-7-8(10)9(14(3)13-7)12-5-6-17(15,16)11-2/h11-12H,4-6,10H2,1-3H3. The van der Waals surface area contributed by atoms with E-state index in [1.807, 2.05) is 6.92 Å². The fourth-order valence-corrected chi connectivity index (χ4v) is 2.05. The number of aromatic nitrogens is 2. The van der Waals surface area contributed by atoms with Crippen molar-refractivity contribution in [1.29, 1.82) is 0 Å². The first kappa shape index (κ1) is 13.8. The normalized spacial score (nSPS) is 11.7. The number of nitrogen functional groups attached to an aromatic ring is 1. The SMILES string of the molecule is CCc1nn(C)c(NCCS(=O)(=O)NC)c1N. The maximum atomic E-state index is 11.2. The van der Waals surface area contributed by atoms with E-state index in [-0.39, 0.29) is 12.3 Å². The summed E-state index contributed by atoms with van der Waals surface area (Å²) >= 11 is 0. The highest BCUT2D eigenvalue weighted by Crippen LogP contribution is 2.21. The van der Waals surface area contributed by atoms with Gasteiger partial charge in [0.15, 0.2) is 0 Å². The zero-order valence-electron chi connectivity index (χ0n) is 10.3. The maximum Gasteiger partial charge on any atom is 0.213 e. The summed E-state index contributed by atoms with van der Waals surface area (Å²) < 4.78 is 26.3. The fraction of sp³-hybridized carbons (Fsp3) is 0.667. The Labute approximate surface area is 101 Å². The zero-order valence-corrected chi connectivity index (χ0v) is 11.1. The minimum absolute atomic E-state index is 0.00439. The first-order chi connectivity index (χ1) is 7.91. The van der Waals surface area contributed by atoms with Crippen molar-refractivity contribution in [2.24, 2.45) is 7.05 Å². The number of rotatable bonds is 6. The highest BCUT2D eigenvalue weighted by atomic mass is 32.2. The summed E-state index contributed by atoms with van der Waals surface area (Å²) in [5, 5.41) is 7.21. The number of sulfonamides is 1. The number of anilines is 2. The molecule has 0 aliphatic rings. The van der Waals surface area contributed by atoms with Gasteiger partial charge in [-0.05, 0) is 13.5 Å². The van der Waals surface area contributed by atoms with Crippen LogP contribution in [0.15, 0.2) is 0 Å². The van der Waals surface area contributed by atoms with Gasteiger partial charge in [-0.25, -0.2) is 13.1 Å². The number of hydrogen-bond acceptors (Lipinski definition) is 5. The lowest BCUT2D eigenvalue weighted by atomic mass is 10.3. The van der Waals surface area contributed by atoms with E-state index in [1.165, 1.54) is 7.05 Å². The molecule has 0 aliphatic heterocycles. The van der Waals surface area contributed by atoms with Crippen LogP contribution < -0.4 is 15.8 Å². The number of aryl methyl sites for hydroxylation is 2. The predicted molar refractivity (Wildman–Crippen MR) is 68.3 cm³/mol. The molecule has 0 unspecified atom stereocenters. The van der Waals surface area contributed by atoms with Crippen molar-refractivity contribution in [2.45, 2.75) is 13.3 Å². The average molecular weight is 261 g/mol. The van der Waals surface area contributed by atoms with E-state index < -0.39 is 10.0 Å². The molecule has 0 radical (unpaired) electrons. The van der Waals surface area contributed by atoms with E-state index in [9.17, 15) is 8.42 Å². The molecule has 4 N–H and O–H groups in total. The molecule has 1 aromatic heterocycles. The van der Waals surface area contributed by atoms with Crippen LogP contribution in [0.2, 0.25) is 0 Å². The van der Waals surface area contributed by atoms with Crippen LogP contribution >= 0.6 is 0 Å². The van der Waals surface area contributed by atoms with Gasteiger partial charge in [0, 0.05) is 13.6 Å². The molecule has 17 heavy (non-hydrogen) atoms. The Morgan fingerprint density at radius 2 is 2.12 bits per heavy atom. The smallest absolute Gasteiger partial charge is 0.213 e. The van der Waals surface area contributed by atoms with Gasteiger partial charge in [-0.1, -0.05) is 6.92 Å². The third-order valence-corrected chi connectivity index (χ3v) is 3.83. The van der Waals surface area contributed by atoms with Gasteiger partial charge in [-0.15, -0.1) is 0 Å². The predicted octanol–water partition coefficient (Wildman–Crippen LogP) is -0.474. The lowest BCUT2D eigenvalue weighted by Crippen LogP contribution is -2.26. The monoisotopic (exact) mass is 261 g/mol. The largest absolute Gasteiger partial charge is 0.394 e. The molecule has 0 saturated heterocycles. The van der Waals surface area contributed by atoms with Crippen molar-refractivity contribution in [3.05, 3.63) is 5.69 Å². The molecule has 1 heterocycles. The molecule has 0 bridgehead atoms. The number of nitrogens with zero attached hydrogens (tertiary/aromatic N) is 2. The molecular formula is C9H19N5O2S. The highest BCUT2D eigenvalue weighted by molar-refractivity contribution is 7.89. The third kappa shape index (κ3) is 3.34. The second-order valence-electron chi connectivity index (χ2n) is 3.64. The van der Waals surface area contributed by atoms with Gasteiger partial charge in [0.25, 0.3) is 0 Å². The van der Waals surface area contributed by atoms with Crippen molar-refractivity contribution in [3.63, 3.8) is 0 Å². The average Bonchev–Trinajstić information content (AvgIpc) is 2.56. The first-order valence-corrected chi connectivity index (χ1v) is 7.03. The molecule has 0 aromatic carbocycles. The summed E-state index contributed by atoms with van der Waals surface area (Å²) in [5.74, 6) is 0.656. The molecule has 0 aliphatic carbocycles. The van der Waals surface area contributed by atoms with Gasteiger partial charge in [-0.2, -0.15) is 5.10 Å². The molecule has 0 atom stereocenters. The van der Waals surface area contributed by atoms with Crippen LogP contribution in [0.4, 0.5) is 11.5 Å². The molecule has 0 fully saturated rings. The van der Waals surface area contributed by atoms with E-state index in [1.54, 1.807) is 11.7 Å². The molecule has 7 nitrogen and oxygen atoms in total. The Morgan fingerprint density at radius 3 is 2.59 bits per heavy atom. The Bertz CT molecular complexity index is 480. The molecule has 1 rings (SSSR count). The van der Waals surface area contributed by atoms with Gasteiger partial charge in [0.05, 0.1) is 17.1 Å². The van der Waals surface area contributed by atoms with Gasteiger partial charge in [0.2, 0.25) is 10.0 Å². The van der Waals surface area contributed by atoms with Gasteiger partial charge in [0.1, 0.15) is 5.82 Å². The molecule has 98 valence electrons. The topological polar surface area (TPSA) is 102 Å². The van der Waals surface area contributed by atoms with Crippen LogP contribution in [0.5, 0.6) is 0 Å². The van der Waals surface area contributed by atoms with Crippen molar-refractivity contribution in [3.8, 4) is 0 Å². The van der Waals surface area contributed by atoms with Crippen LogP contribution in [0.1, 0.15) is 12.6 Å². The lowest BCUT2D eigenvalue weighted by molar-refractivity contribution is 0.588. The second-order valence-corrected chi connectivity index (χ2v) is 5.68. The van der Waals surface area contributed by atoms with Crippen molar-refractivity contribution < 1.29 is 8.42 Å². The second kappa shape index (κ2) is 5.37. The van der Waals surface area contributed by atoms with Crippen LogP contribution in [0, 0.1) is 0 Å². The minimum atomic E-state index is -3.20. The van der Waals surface area contributed by atoms with Crippen molar-refractivity contribution in [1.82, 2.24) is 14.5 Å². The number of nitrogens with one attached hydrogen (secondary N) is 2. The molecule has 0 amide bonds. The summed E-state index contributed by atoms with van der Waals surface area (Å²) in [6.45, 7) is 2.25. The van der Waals surface area contributed by atoms with Gasteiger partial charge >= 0.3 is 0 Å². The quantitative estimate of drug-likeness (QED) is 0.642. The third-order valence-electron chi connectivity index (χ3n) is 2.47. The summed E-state index contributed by atoms with van der Waals surface area (Å²) in [5.41, 5.74) is 7.28. The summed E-state index contributed by atoms with van der Waals surface area (Å²) in [4.78, 5) is 0. The lowest BCUT2D eigenvalue weighted by Gasteiger charge is -2.07. The van der Waals surface area contributed by atoms with Gasteiger partial charge in [-0.3, -0.25) is 4.68 Å². The van der Waals surface area contributed by atoms with Crippen LogP contribution in [-0.4, -0.2) is 37.5 Å². The van der Waals surface area contributed by atoms with E-state index in [0.717, 1.165) is 12.1 Å². The molecule has 1 aromatic rings. The van der Waals surface area contributed by atoms with Gasteiger partial charge < -0.3 is 11.1 Å². The molecule has 8 heteroatoms. The molecule has 0 spiro atoms. The maximum absolute atomic E-state index is 11.2. The van der Waals surface area contributed by atoms with Crippen LogP contribution in [0.3, 0.4) is 0 Å². The molecule has 0 saturated carbocycles. The summed E-state index contributed by atoms with van der Waals surface area (Å²) in [7, 11) is -0.0370. The van der Waals surface area contributed by atoms with E-state index >= 15 is 0 Å².